The van der Waals surface area contributed by atoms with Gasteiger partial charge in [-0.1, -0.05) is 24.3 Å². The van der Waals surface area contributed by atoms with Gasteiger partial charge in [0.15, 0.2) is 5.82 Å². The Hall–Kier alpha value is -3.65. The minimum absolute atomic E-state index is 0.0649. The second-order valence-electron chi connectivity index (χ2n) is 6.00. The van der Waals surface area contributed by atoms with E-state index >= 15 is 0 Å². The van der Waals surface area contributed by atoms with Crippen molar-refractivity contribution in [3.05, 3.63) is 71.9 Å². The number of aromatic nitrogens is 3. The second kappa shape index (κ2) is 8.15. The van der Waals surface area contributed by atoms with Gasteiger partial charge in [0, 0.05) is 6.07 Å². The first-order valence-corrected chi connectivity index (χ1v) is 9.67. The highest BCUT2D eigenvalue weighted by molar-refractivity contribution is 7.13. The summed E-state index contributed by atoms with van der Waals surface area (Å²) < 4.78 is 12.2. The van der Waals surface area contributed by atoms with E-state index in [9.17, 15) is 4.79 Å². The zero-order chi connectivity index (χ0) is 20.2. The molecule has 1 N–H and O–H groups in total. The summed E-state index contributed by atoms with van der Waals surface area (Å²) in [7, 11) is 3.10. The topological polar surface area (TPSA) is 78.3 Å². The third-order valence-electron chi connectivity index (χ3n) is 4.21. The fraction of sp³-hybridized carbons (Fsp3) is 0.0952. The summed E-state index contributed by atoms with van der Waals surface area (Å²) in [6, 6.07) is 18.6. The maximum absolute atomic E-state index is 12.9. The van der Waals surface area contributed by atoms with E-state index in [1.807, 2.05) is 47.8 Å². The molecule has 0 aliphatic carbocycles. The Labute approximate surface area is 171 Å². The predicted molar refractivity (Wildman–Crippen MR) is 112 cm³/mol. The molecule has 2 heterocycles. The van der Waals surface area contributed by atoms with Crippen LogP contribution in [0.5, 0.6) is 11.5 Å². The Balaban J connectivity index is 1.70. The Morgan fingerprint density at radius 1 is 1.03 bits per heavy atom. The van der Waals surface area contributed by atoms with Gasteiger partial charge < -0.3 is 14.8 Å². The largest absolute Gasteiger partial charge is 0.497 e. The molecule has 8 heteroatoms. The van der Waals surface area contributed by atoms with Crippen LogP contribution in [-0.2, 0) is 0 Å². The Morgan fingerprint density at radius 2 is 1.86 bits per heavy atom. The van der Waals surface area contributed by atoms with Gasteiger partial charge in [0.25, 0.3) is 5.91 Å². The highest BCUT2D eigenvalue weighted by Gasteiger charge is 2.20. The lowest BCUT2D eigenvalue weighted by molar-refractivity contribution is 0.101. The maximum atomic E-state index is 12.9. The lowest BCUT2D eigenvalue weighted by Crippen LogP contribution is -2.15. The molecule has 29 heavy (non-hydrogen) atoms. The summed E-state index contributed by atoms with van der Waals surface area (Å²) in [5.74, 6) is 1.36. The SMILES string of the molecule is COc1ccc(NC(=O)c2nc(-c3cccs3)n(-c3ccccc3)n2)c(OC)c1. The molecule has 1 amide bonds. The van der Waals surface area contributed by atoms with Crippen LogP contribution in [0.1, 0.15) is 10.6 Å². The van der Waals surface area contributed by atoms with E-state index < -0.39 is 5.91 Å². The van der Waals surface area contributed by atoms with Gasteiger partial charge >= 0.3 is 0 Å². The molecule has 4 aromatic rings. The van der Waals surface area contributed by atoms with Crippen molar-refractivity contribution in [1.29, 1.82) is 0 Å². The molecular weight excluding hydrogens is 388 g/mol. The fourth-order valence-corrected chi connectivity index (χ4v) is 3.50. The van der Waals surface area contributed by atoms with Crippen molar-refractivity contribution in [2.75, 3.05) is 19.5 Å². The maximum Gasteiger partial charge on any atom is 0.295 e. The van der Waals surface area contributed by atoms with Gasteiger partial charge in [-0.3, -0.25) is 4.79 Å². The van der Waals surface area contributed by atoms with E-state index in [1.165, 1.54) is 18.4 Å². The molecule has 146 valence electrons. The van der Waals surface area contributed by atoms with E-state index in [0.717, 1.165) is 10.6 Å². The van der Waals surface area contributed by atoms with E-state index in [-0.39, 0.29) is 5.82 Å². The molecule has 0 unspecified atom stereocenters. The van der Waals surface area contributed by atoms with Crippen LogP contribution in [0.3, 0.4) is 0 Å². The van der Waals surface area contributed by atoms with Crippen molar-refractivity contribution in [2.45, 2.75) is 0 Å². The summed E-state index contributed by atoms with van der Waals surface area (Å²) in [5.41, 5.74) is 1.33. The summed E-state index contributed by atoms with van der Waals surface area (Å²) >= 11 is 1.54. The molecule has 4 rings (SSSR count). The molecule has 0 aliphatic rings. The molecule has 2 aromatic carbocycles. The first-order chi connectivity index (χ1) is 14.2. The number of thiophene rings is 1. The fourth-order valence-electron chi connectivity index (χ4n) is 2.80. The molecule has 0 fully saturated rings. The van der Waals surface area contributed by atoms with Crippen LogP contribution in [-0.4, -0.2) is 34.9 Å². The average molecular weight is 406 g/mol. The summed E-state index contributed by atoms with van der Waals surface area (Å²) in [6.45, 7) is 0. The summed E-state index contributed by atoms with van der Waals surface area (Å²) in [6.07, 6.45) is 0. The number of anilines is 1. The molecule has 0 bridgehead atoms. The zero-order valence-corrected chi connectivity index (χ0v) is 16.6. The Kier molecular flexibility index (Phi) is 5.26. The number of nitrogens with one attached hydrogen (secondary N) is 1. The summed E-state index contributed by atoms with van der Waals surface area (Å²) in [4.78, 5) is 18.3. The third kappa shape index (κ3) is 3.83. The van der Waals surface area contributed by atoms with Gasteiger partial charge in [0.2, 0.25) is 5.82 Å². The quantitative estimate of drug-likeness (QED) is 0.517. The lowest BCUT2D eigenvalue weighted by atomic mass is 10.2. The molecule has 0 atom stereocenters. The van der Waals surface area contributed by atoms with Crippen molar-refractivity contribution >= 4 is 22.9 Å². The van der Waals surface area contributed by atoms with Crippen LogP contribution in [0.25, 0.3) is 16.4 Å². The van der Waals surface area contributed by atoms with Crippen LogP contribution in [0, 0.1) is 0 Å². The number of nitrogens with zero attached hydrogens (tertiary/aromatic N) is 3. The van der Waals surface area contributed by atoms with Gasteiger partial charge in [-0.05, 0) is 35.7 Å². The highest BCUT2D eigenvalue weighted by Crippen LogP contribution is 2.30. The van der Waals surface area contributed by atoms with Gasteiger partial charge in [0.05, 0.1) is 30.5 Å². The Bertz CT molecular complexity index is 1120. The Morgan fingerprint density at radius 3 is 2.55 bits per heavy atom. The van der Waals surface area contributed by atoms with Crippen LogP contribution in [0.15, 0.2) is 66.0 Å². The number of amides is 1. The number of ether oxygens (including phenoxy) is 2. The molecule has 0 radical (unpaired) electrons. The van der Waals surface area contributed by atoms with Crippen molar-refractivity contribution in [3.63, 3.8) is 0 Å². The number of carbonyl (C=O) groups excluding carboxylic acids is 1. The highest BCUT2D eigenvalue weighted by atomic mass is 32.1. The van der Waals surface area contributed by atoms with E-state index in [0.29, 0.717) is 23.0 Å². The molecular formula is C21H18N4O3S. The van der Waals surface area contributed by atoms with E-state index in [4.69, 9.17) is 9.47 Å². The monoisotopic (exact) mass is 406 g/mol. The zero-order valence-electron chi connectivity index (χ0n) is 15.8. The predicted octanol–water partition coefficient (Wildman–Crippen LogP) is 4.27. The lowest BCUT2D eigenvalue weighted by Gasteiger charge is -2.10. The normalized spacial score (nSPS) is 10.6. The third-order valence-corrected chi connectivity index (χ3v) is 5.08. The number of hydrogen-bond donors (Lipinski definition) is 1. The number of methoxy groups -OCH3 is 2. The van der Waals surface area contributed by atoms with Crippen molar-refractivity contribution in [2.24, 2.45) is 0 Å². The molecule has 0 spiro atoms. The van der Waals surface area contributed by atoms with Crippen LogP contribution < -0.4 is 14.8 Å². The van der Waals surface area contributed by atoms with Crippen LogP contribution in [0.4, 0.5) is 5.69 Å². The molecule has 0 aliphatic heterocycles. The number of hydrogen-bond acceptors (Lipinski definition) is 6. The van der Waals surface area contributed by atoms with E-state index in [2.05, 4.69) is 15.4 Å². The number of rotatable bonds is 6. The number of para-hydroxylation sites is 1. The van der Waals surface area contributed by atoms with Crippen molar-refractivity contribution in [1.82, 2.24) is 14.8 Å². The average Bonchev–Trinajstić information content (AvgIpc) is 3.44. The minimum Gasteiger partial charge on any atom is -0.497 e. The van der Waals surface area contributed by atoms with Gasteiger partial charge in [-0.25, -0.2) is 9.67 Å². The van der Waals surface area contributed by atoms with Gasteiger partial charge in [-0.2, -0.15) is 0 Å². The standard InChI is InChI=1S/C21H18N4O3S/c1-27-15-10-11-16(17(13-15)28-2)22-21(26)19-23-20(18-9-6-12-29-18)25(24-19)14-7-4-3-5-8-14/h3-13H,1-2H3,(H,22,26). The van der Waals surface area contributed by atoms with Crippen LogP contribution in [0.2, 0.25) is 0 Å². The molecule has 7 nitrogen and oxygen atoms in total. The first-order valence-electron chi connectivity index (χ1n) is 8.79. The van der Waals surface area contributed by atoms with Crippen molar-refractivity contribution in [3.8, 4) is 27.9 Å². The minimum atomic E-state index is -0.430. The first kappa shape index (κ1) is 18.7. The molecule has 0 saturated heterocycles. The smallest absolute Gasteiger partial charge is 0.295 e. The number of benzene rings is 2. The summed E-state index contributed by atoms with van der Waals surface area (Å²) in [5, 5.41) is 9.23. The molecule has 2 aromatic heterocycles. The van der Waals surface area contributed by atoms with Gasteiger partial charge in [-0.15, -0.1) is 16.4 Å². The van der Waals surface area contributed by atoms with Gasteiger partial charge in [0.1, 0.15) is 11.5 Å². The second-order valence-corrected chi connectivity index (χ2v) is 6.95. The molecule has 0 saturated carbocycles. The van der Waals surface area contributed by atoms with E-state index in [1.54, 1.807) is 30.0 Å². The number of carbonyl (C=O) groups is 1. The van der Waals surface area contributed by atoms with Crippen LogP contribution >= 0.6 is 11.3 Å². The van der Waals surface area contributed by atoms with Crippen molar-refractivity contribution < 1.29 is 14.3 Å².